The summed E-state index contributed by atoms with van der Waals surface area (Å²) < 4.78 is 0. The van der Waals surface area contributed by atoms with Gasteiger partial charge < -0.3 is 15.3 Å². The van der Waals surface area contributed by atoms with Crippen molar-refractivity contribution in [2.75, 3.05) is 5.32 Å². The van der Waals surface area contributed by atoms with Crippen molar-refractivity contribution >= 4 is 23.3 Å². The molecule has 30 heavy (non-hydrogen) atoms. The number of aromatic nitrogens is 1. The smallest absolute Gasteiger partial charge is 0.307 e. The maximum absolute atomic E-state index is 12.5. The maximum atomic E-state index is 12.5. The Hall–Kier alpha value is -4.00. The SMILES string of the molecule is O=C(O)Cc1ccccc1-c1ccc(NC(=O)C2CC(c3cccnc3)=NO2)cc1. The van der Waals surface area contributed by atoms with Gasteiger partial charge in [-0.05, 0) is 41.0 Å². The van der Waals surface area contributed by atoms with Gasteiger partial charge in [0.05, 0.1) is 12.1 Å². The molecule has 150 valence electrons. The zero-order valence-electron chi connectivity index (χ0n) is 16.0. The molecule has 3 aromatic rings. The lowest BCUT2D eigenvalue weighted by molar-refractivity contribution is -0.136. The van der Waals surface area contributed by atoms with Gasteiger partial charge in [-0.3, -0.25) is 14.6 Å². The summed E-state index contributed by atoms with van der Waals surface area (Å²) in [5.41, 5.74) is 4.61. The fourth-order valence-corrected chi connectivity index (χ4v) is 3.30. The first kappa shape index (κ1) is 19.3. The van der Waals surface area contributed by atoms with Crippen LogP contribution in [0.5, 0.6) is 0 Å². The zero-order chi connectivity index (χ0) is 20.9. The van der Waals surface area contributed by atoms with Crippen LogP contribution in [0.25, 0.3) is 11.1 Å². The molecule has 7 nitrogen and oxygen atoms in total. The second-order valence-corrected chi connectivity index (χ2v) is 6.87. The Balaban J connectivity index is 1.41. The summed E-state index contributed by atoms with van der Waals surface area (Å²) in [6.07, 6.45) is 2.98. The predicted octanol–water partition coefficient (Wildman–Crippen LogP) is 3.51. The Bertz CT molecular complexity index is 1090. The minimum Gasteiger partial charge on any atom is -0.481 e. The summed E-state index contributed by atoms with van der Waals surface area (Å²) in [7, 11) is 0. The number of carbonyl (C=O) groups is 2. The number of rotatable bonds is 6. The molecule has 4 rings (SSSR count). The highest BCUT2D eigenvalue weighted by atomic mass is 16.6. The Morgan fingerprint density at radius 2 is 1.83 bits per heavy atom. The van der Waals surface area contributed by atoms with E-state index in [9.17, 15) is 9.59 Å². The molecular formula is C23H19N3O4. The third-order valence-electron chi connectivity index (χ3n) is 4.78. The Morgan fingerprint density at radius 1 is 1.03 bits per heavy atom. The van der Waals surface area contributed by atoms with Crippen LogP contribution in [0, 0.1) is 0 Å². The lowest BCUT2D eigenvalue weighted by Crippen LogP contribution is -2.28. The molecule has 0 spiro atoms. The third kappa shape index (κ3) is 4.35. The van der Waals surface area contributed by atoms with E-state index in [4.69, 9.17) is 9.94 Å². The van der Waals surface area contributed by atoms with E-state index in [1.54, 1.807) is 36.7 Å². The lowest BCUT2D eigenvalue weighted by atomic mass is 9.97. The average molecular weight is 401 g/mol. The number of carboxylic acids is 1. The van der Waals surface area contributed by atoms with Crippen LogP contribution in [0.2, 0.25) is 0 Å². The molecule has 1 amide bonds. The van der Waals surface area contributed by atoms with Gasteiger partial charge in [0.25, 0.3) is 5.91 Å². The van der Waals surface area contributed by atoms with Crippen LogP contribution < -0.4 is 5.32 Å². The van der Waals surface area contributed by atoms with Gasteiger partial charge in [-0.1, -0.05) is 41.6 Å². The molecule has 0 aliphatic carbocycles. The van der Waals surface area contributed by atoms with Crippen molar-refractivity contribution in [1.29, 1.82) is 0 Å². The first-order valence-corrected chi connectivity index (χ1v) is 9.44. The highest BCUT2D eigenvalue weighted by molar-refractivity contribution is 6.06. The standard InChI is InChI=1S/C23H19N3O4/c27-22(28)12-16-4-1-2-6-19(16)15-7-9-18(10-8-15)25-23(29)21-13-20(26-30-21)17-5-3-11-24-14-17/h1-11,14,21H,12-13H2,(H,25,29)(H,27,28). The van der Waals surface area contributed by atoms with E-state index in [-0.39, 0.29) is 12.3 Å². The van der Waals surface area contributed by atoms with Gasteiger partial charge in [0, 0.05) is 30.1 Å². The van der Waals surface area contributed by atoms with E-state index in [2.05, 4.69) is 15.5 Å². The molecule has 0 fully saturated rings. The quantitative estimate of drug-likeness (QED) is 0.658. The molecule has 1 aromatic heterocycles. The van der Waals surface area contributed by atoms with Crippen molar-refractivity contribution in [2.24, 2.45) is 5.16 Å². The monoisotopic (exact) mass is 401 g/mol. The number of hydrogen-bond acceptors (Lipinski definition) is 5. The number of nitrogens with one attached hydrogen (secondary N) is 1. The minimum absolute atomic E-state index is 0.0487. The molecule has 0 radical (unpaired) electrons. The molecule has 1 aliphatic heterocycles. The summed E-state index contributed by atoms with van der Waals surface area (Å²) in [4.78, 5) is 33.0. The number of nitrogens with zero attached hydrogens (tertiary/aromatic N) is 2. The number of benzene rings is 2. The molecule has 2 aromatic carbocycles. The van der Waals surface area contributed by atoms with E-state index in [1.165, 1.54) is 0 Å². The molecule has 2 N–H and O–H groups in total. The number of carboxylic acid groups (broad SMARTS) is 1. The number of amides is 1. The summed E-state index contributed by atoms with van der Waals surface area (Å²) in [6, 6.07) is 18.3. The number of aliphatic carboxylic acids is 1. The first-order valence-electron chi connectivity index (χ1n) is 9.44. The normalized spacial score (nSPS) is 15.2. The van der Waals surface area contributed by atoms with Crippen LogP contribution in [0.1, 0.15) is 17.5 Å². The largest absolute Gasteiger partial charge is 0.481 e. The van der Waals surface area contributed by atoms with Gasteiger partial charge in [-0.25, -0.2) is 0 Å². The van der Waals surface area contributed by atoms with Gasteiger partial charge in [0.2, 0.25) is 6.10 Å². The van der Waals surface area contributed by atoms with Crippen LogP contribution >= 0.6 is 0 Å². The third-order valence-corrected chi connectivity index (χ3v) is 4.78. The number of oxime groups is 1. The van der Waals surface area contributed by atoms with Crippen molar-refractivity contribution in [3.63, 3.8) is 0 Å². The Labute approximate surface area is 173 Å². The number of carbonyl (C=O) groups excluding carboxylic acids is 1. The number of anilines is 1. The Kier molecular flexibility index (Phi) is 5.52. The summed E-state index contributed by atoms with van der Waals surface area (Å²) in [6.45, 7) is 0. The average Bonchev–Trinajstić information content (AvgIpc) is 3.26. The second kappa shape index (κ2) is 8.57. The summed E-state index contributed by atoms with van der Waals surface area (Å²) >= 11 is 0. The topological polar surface area (TPSA) is 101 Å². The van der Waals surface area contributed by atoms with Crippen LogP contribution in [0.3, 0.4) is 0 Å². The van der Waals surface area contributed by atoms with Crippen molar-refractivity contribution in [3.8, 4) is 11.1 Å². The molecule has 1 aliphatic rings. The van der Waals surface area contributed by atoms with Gasteiger partial charge in [-0.2, -0.15) is 0 Å². The molecule has 0 saturated carbocycles. The van der Waals surface area contributed by atoms with Gasteiger partial charge in [0.15, 0.2) is 0 Å². The predicted molar refractivity (Wildman–Crippen MR) is 112 cm³/mol. The molecule has 7 heteroatoms. The van der Waals surface area contributed by atoms with Crippen LogP contribution in [-0.4, -0.2) is 33.8 Å². The number of hydrogen-bond donors (Lipinski definition) is 2. The molecule has 0 bridgehead atoms. The van der Waals surface area contributed by atoms with E-state index in [0.717, 1.165) is 22.3 Å². The Morgan fingerprint density at radius 3 is 2.57 bits per heavy atom. The van der Waals surface area contributed by atoms with Crippen LogP contribution in [-0.2, 0) is 20.8 Å². The zero-order valence-corrected chi connectivity index (χ0v) is 16.0. The lowest BCUT2D eigenvalue weighted by Gasteiger charge is -2.11. The molecule has 2 heterocycles. The van der Waals surface area contributed by atoms with Gasteiger partial charge in [-0.15, -0.1) is 0 Å². The minimum atomic E-state index is -0.879. The van der Waals surface area contributed by atoms with Gasteiger partial charge in [0.1, 0.15) is 0 Å². The fraction of sp³-hybridized carbons (Fsp3) is 0.130. The van der Waals surface area contributed by atoms with Crippen molar-refractivity contribution in [3.05, 3.63) is 84.2 Å². The highest BCUT2D eigenvalue weighted by Crippen LogP contribution is 2.26. The first-order chi connectivity index (χ1) is 14.6. The second-order valence-electron chi connectivity index (χ2n) is 6.87. The van der Waals surface area contributed by atoms with Crippen molar-refractivity contribution in [2.45, 2.75) is 18.9 Å². The van der Waals surface area contributed by atoms with E-state index < -0.39 is 12.1 Å². The maximum Gasteiger partial charge on any atom is 0.307 e. The van der Waals surface area contributed by atoms with Gasteiger partial charge >= 0.3 is 5.97 Å². The summed E-state index contributed by atoms with van der Waals surface area (Å²) in [5, 5.41) is 15.9. The van der Waals surface area contributed by atoms with Crippen LogP contribution in [0.4, 0.5) is 5.69 Å². The molecule has 0 saturated heterocycles. The fourth-order valence-electron chi connectivity index (χ4n) is 3.30. The molecule has 1 unspecified atom stereocenters. The van der Waals surface area contributed by atoms with Crippen LogP contribution in [0.15, 0.2) is 78.2 Å². The summed E-state index contributed by atoms with van der Waals surface area (Å²) in [5.74, 6) is -1.16. The van der Waals surface area contributed by atoms with Crippen molar-refractivity contribution in [1.82, 2.24) is 4.98 Å². The van der Waals surface area contributed by atoms with E-state index >= 15 is 0 Å². The molecular weight excluding hydrogens is 382 g/mol. The van der Waals surface area contributed by atoms with Crippen molar-refractivity contribution < 1.29 is 19.5 Å². The van der Waals surface area contributed by atoms with E-state index in [1.807, 2.05) is 36.4 Å². The highest BCUT2D eigenvalue weighted by Gasteiger charge is 2.29. The number of pyridine rings is 1. The molecule has 1 atom stereocenters. The van der Waals surface area contributed by atoms with E-state index in [0.29, 0.717) is 17.8 Å².